The first-order valence-corrected chi connectivity index (χ1v) is 6.87. The summed E-state index contributed by atoms with van der Waals surface area (Å²) >= 11 is 0. The van der Waals surface area contributed by atoms with Gasteiger partial charge in [0.15, 0.2) is 0 Å². The van der Waals surface area contributed by atoms with E-state index < -0.39 is 0 Å². The Morgan fingerprint density at radius 1 is 1.37 bits per heavy atom. The minimum absolute atomic E-state index is 0.0326. The number of hydrogen-bond acceptors (Lipinski definition) is 4. The summed E-state index contributed by atoms with van der Waals surface area (Å²) in [5.74, 6) is 0.0326. The van der Waals surface area contributed by atoms with Crippen molar-refractivity contribution in [3.63, 3.8) is 0 Å². The monoisotopic (exact) mass is 265 g/mol. The second-order valence-corrected chi connectivity index (χ2v) is 5.25. The number of carbonyl (C=O) groups excluding carboxylic acids is 1. The second kappa shape index (κ2) is 6.16. The average molecular weight is 265 g/mol. The van der Waals surface area contributed by atoms with Gasteiger partial charge < -0.3 is 10.6 Å². The van der Waals surface area contributed by atoms with Crippen LogP contribution in [0.5, 0.6) is 0 Å². The van der Waals surface area contributed by atoms with Gasteiger partial charge in [0.1, 0.15) is 0 Å². The number of carbonyl (C=O) groups is 1. The smallest absolute Gasteiger partial charge is 0.241 e. The molecular weight excluding hydrogens is 242 g/mol. The van der Waals surface area contributed by atoms with Crippen LogP contribution in [0.2, 0.25) is 0 Å². The van der Waals surface area contributed by atoms with Gasteiger partial charge in [-0.1, -0.05) is 0 Å². The molecule has 1 aromatic rings. The number of amides is 1. The summed E-state index contributed by atoms with van der Waals surface area (Å²) in [6.07, 6.45) is 3.56. The van der Waals surface area contributed by atoms with E-state index in [-0.39, 0.29) is 11.9 Å². The zero-order chi connectivity index (χ0) is 13.8. The lowest BCUT2D eigenvalue weighted by molar-refractivity contribution is -0.120. The SMILES string of the molecule is CC(C(=O)Nc1cnn(C(C)C)c1)N1CCNCC1. The molecule has 0 radical (unpaired) electrons. The summed E-state index contributed by atoms with van der Waals surface area (Å²) in [4.78, 5) is 14.4. The summed E-state index contributed by atoms with van der Waals surface area (Å²) < 4.78 is 1.84. The van der Waals surface area contributed by atoms with E-state index in [1.807, 2.05) is 17.8 Å². The normalized spacial score (nSPS) is 18.5. The molecule has 1 saturated heterocycles. The molecule has 1 unspecified atom stereocenters. The van der Waals surface area contributed by atoms with Crippen molar-refractivity contribution in [3.05, 3.63) is 12.4 Å². The van der Waals surface area contributed by atoms with Crippen molar-refractivity contribution < 1.29 is 4.79 Å². The van der Waals surface area contributed by atoms with Gasteiger partial charge in [-0.3, -0.25) is 14.4 Å². The summed E-state index contributed by atoms with van der Waals surface area (Å²) in [5.41, 5.74) is 0.765. The number of nitrogens with one attached hydrogen (secondary N) is 2. The molecule has 1 aliphatic heterocycles. The molecule has 1 fully saturated rings. The maximum Gasteiger partial charge on any atom is 0.241 e. The number of hydrogen-bond donors (Lipinski definition) is 2. The van der Waals surface area contributed by atoms with Crippen LogP contribution >= 0.6 is 0 Å². The van der Waals surface area contributed by atoms with E-state index in [0.29, 0.717) is 6.04 Å². The van der Waals surface area contributed by atoms with E-state index >= 15 is 0 Å². The van der Waals surface area contributed by atoms with Crippen LogP contribution in [0.3, 0.4) is 0 Å². The predicted octanol–water partition coefficient (Wildman–Crippen LogP) is 0.696. The molecule has 2 heterocycles. The molecule has 19 heavy (non-hydrogen) atoms. The second-order valence-electron chi connectivity index (χ2n) is 5.25. The van der Waals surface area contributed by atoms with Crippen LogP contribution in [0.15, 0.2) is 12.4 Å². The fraction of sp³-hybridized carbons (Fsp3) is 0.692. The van der Waals surface area contributed by atoms with E-state index in [1.165, 1.54) is 0 Å². The Morgan fingerprint density at radius 3 is 2.63 bits per heavy atom. The third kappa shape index (κ3) is 3.54. The van der Waals surface area contributed by atoms with Crippen LogP contribution in [0, 0.1) is 0 Å². The highest BCUT2D eigenvalue weighted by molar-refractivity contribution is 5.94. The first kappa shape index (κ1) is 14.0. The van der Waals surface area contributed by atoms with Crippen LogP contribution in [0.4, 0.5) is 5.69 Å². The molecule has 1 atom stereocenters. The molecular formula is C13H23N5O. The summed E-state index contributed by atoms with van der Waals surface area (Å²) in [6, 6.07) is 0.195. The minimum atomic E-state index is -0.107. The number of aromatic nitrogens is 2. The summed E-state index contributed by atoms with van der Waals surface area (Å²) in [5, 5.41) is 10.4. The summed E-state index contributed by atoms with van der Waals surface area (Å²) in [7, 11) is 0. The molecule has 106 valence electrons. The maximum atomic E-state index is 12.2. The maximum absolute atomic E-state index is 12.2. The van der Waals surface area contributed by atoms with Crippen molar-refractivity contribution in [2.45, 2.75) is 32.9 Å². The van der Waals surface area contributed by atoms with Crippen molar-refractivity contribution in [1.29, 1.82) is 0 Å². The highest BCUT2D eigenvalue weighted by atomic mass is 16.2. The highest BCUT2D eigenvalue weighted by Crippen LogP contribution is 2.11. The molecule has 1 amide bonds. The third-order valence-corrected chi connectivity index (χ3v) is 3.48. The van der Waals surface area contributed by atoms with Crippen molar-refractivity contribution in [2.24, 2.45) is 0 Å². The van der Waals surface area contributed by atoms with E-state index in [2.05, 4.69) is 34.5 Å². The number of nitrogens with zero attached hydrogens (tertiary/aromatic N) is 3. The number of rotatable bonds is 4. The lowest BCUT2D eigenvalue weighted by Gasteiger charge is -2.31. The molecule has 1 aliphatic rings. The van der Waals surface area contributed by atoms with Crippen LogP contribution in [0.1, 0.15) is 26.8 Å². The van der Waals surface area contributed by atoms with E-state index in [4.69, 9.17) is 0 Å². The first-order valence-electron chi connectivity index (χ1n) is 6.87. The Morgan fingerprint density at radius 2 is 2.05 bits per heavy atom. The lowest BCUT2D eigenvalue weighted by atomic mass is 10.2. The molecule has 2 N–H and O–H groups in total. The minimum Gasteiger partial charge on any atom is -0.322 e. The number of piperazine rings is 1. The fourth-order valence-electron chi connectivity index (χ4n) is 2.17. The van der Waals surface area contributed by atoms with Crippen molar-refractivity contribution in [3.8, 4) is 0 Å². The van der Waals surface area contributed by atoms with Crippen molar-refractivity contribution in [2.75, 3.05) is 31.5 Å². The average Bonchev–Trinajstić information content (AvgIpc) is 2.87. The van der Waals surface area contributed by atoms with Gasteiger partial charge in [0.25, 0.3) is 0 Å². The molecule has 0 aliphatic carbocycles. The largest absolute Gasteiger partial charge is 0.322 e. The molecule has 0 aromatic carbocycles. The van der Waals surface area contributed by atoms with Crippen LogP contribution < -0.4 is 10.6 Å². The Hall–Kier alpha value is -1.40. The fourth-order valence-corrected chi connectivity index (χ4v) is 2.17. The van der Waals surface area contributed by atoms with Gasteiger partial charge in [0.2, 0.25) is 5.91 Å². The standard InChI is InChI=1S/C13H23N5O/c1-10(2)18-9-12(8-15-18)16-13(19)11(3)17-6-4-14-5-7-17/h8-11,14H,4-7H2,1-3H3,(H,16,19). The zero-order valence-electron chi connectivity index (χ0n) is 11.9. The van der Waals surface area contributed by atoms with Crippen molar-refractivity contribution in [1.82, 2.24) is 20.0 Å². The van der Waals surface area contributed by atoms with Gasteiger partial charge in [0, 0.05) is 38.4 Å². The van der Waals surface area contributed by atoms with Gasteiger partial charge >= 0.3 is 0 Å². The molecule has 6 nitrogen and oxygen atoms in total. The molecule has 0 spiro atoms. The quantitative estimate of drug-likeness (QED) is 0.841. The Balaban J connectivity index is 1.91. The lowest BCUT2D eigenvalue weighted by Crippen LogP contribution is -2.51. The van der Waals surface area contributed by atoms with Crippen LogP contribution in [0.25, 0.3) is 0 Å². The molecule has 1 aromatic heterocycles. The van der Waals surface area contributed by atoms with Gasteiger partial charge in [-0.2, -0.15) is 5.10 Å². The van der Waals surface area contributed by atoms with Crippen molar-refractivity contribution >= 4 is 11.6 Å². The van der Waals surface area contributed by atoms with Gasteiger partial charge in [0.05, 0.1) is 17.9 Å². The first-order chi connectivity index (χ1) is 9.08. The van der Waals surface area contributed by atoms with E-state index in [9.17, 15) is 4.79 Å². The Kier molecular flexibility index (Phi) is 4.55. The Bertz CT molecular complexity index is 422. The summed E-state index contributed by atoms with van der Waals surface area (Å²) in [6.45, 7) is 9.79. The number of anilines is 1. The van der Waals surface area contributed by atoms with Gasteiger partial charge in [-0.05, 0) is 20.8 Å². The van der Waals surface area contributed by atoms with E-state index in [0.717, 1.165) is 31.9 Å². The molecule has 6 heteroatoms. The van der Waals surface area contributed by atoms with Gasteiger partial charge in [-0.15, -0.1) is 0 Å². The van der Waals surface area contributed by atoms with E-state index in [1.54, 1.807) is 6.20 Å². The van der Waals surface area contributed by atoms with Gasteiger partial charge in [-0.25, -0.2) is 0 Å². The molecule has 0 saturated carbocycles. The Labute approximate surface area is 114 Å². The third-order valence-electron chi connectivity index (χ3n) is 3.48. The molecule has 2 rings (SSSR count). The van der Waals surface area contributed by atoms with Crippen LogP contribution in [-0.2, 0) is 4.79 Å². The topological polar surface area (TPSA) is 62.2 Å². The predicted molar refractivity (Wildman–Crippen MR) is 75.1 cm³/mol. The molecule has 0 bridgehead atoms. The highest BCUT2D eigenvalue weighted by Gasteiger charge is 2.22. The zero-order valence-corrected chi connectivity index (χ0v) is 11.9. The van der Waals surface area contributed by atoms with Crippen LogP contribution in [-0.4, -0.2) is 52.8 Å².